The van der Waals surface area contributed by atoms with Crippen LogP contribution in [0.25, 0.3) is 0 Å². The number of hydrogen-bond acceptors (Lipinski definition) is 4. The molecule has 0 aromatic heterocycles. The molecule has 0 aliphatic carbocycles. The topological polar surface area (TPSA) is 50.8 Å². The van der Waals surface area contributed by atoms with Crippen molar-refractivity contribution >= 4 is 18.3 Å². The molecular weight excluding hydrogens is 340 g/mol. The number of carbonyl (C=O) groups is 1. The Balaban J connectivity index is 0.00000225. The van der Waals surface area contributed by atoms with Crippen LogP contribution in [0.15, 0.2) is 18.2 Å². The molecule has 2 unspecified atom stereocenters. The van der Waals surface area contributed by atoms with Gasteiger partial charge >= 0.3 is 0 Å². The molecule has 1 N–H and O–H groups in total. The second-order valence-electron chi connectivity index (χ2n) is 6.71. The Kier molecular flexibility index (Phi) is 6.96. The van der Waals surface area contributed by atoms with Crippen molar-refractivity contribution in [3.8, 4) is 11.5 Å². The van der Waals surface area contributed by atoms with Crippen molar-refractivity contribution in [2.45, 2.75) is 57.7 Å². The van der Waals surface area contributed by atoms with E-state index in [4.69, 9.17) is 9.47 Å². The number of nitrogens with one attached hydrogen (secondary N) is 1. The number of halogens is 1. The van der Waals surface area contributed by atoms with Crippen molar-refractivity contribution in [3.05, 3.63) is 23.8 Å². The zero-order valence-electron chi connectivity index (χ0n) is 15.3. The Morgan fingerprint density at radius 2 is 1.72 bits per heavy atom. The van der Waals surface area contributed by atoms with Gasteiger partial charge in [0.1, 0.15) is 0 Å². The van der Waals surface area contributed by atoms with Crippen LogP contribution in [0.4, 0.5) is 0 Å². The van der Waals surface area contributed by atoms with Crippen LogP contribution in [0, 0.1) is 0 Å². The average molecular weight is 369 g/mol. The van der Waals surface area contributed by atoms with Crippen LogP contribution < -0.4 is 14.8 Å². The van der Waals surface area contributed by atoms with E-state index >= 15 is 0 Å². The summed E-state index contributed by atoms with van der Waals surface area (Å²) in [6.45, 7) is 4.99. The summed E-state index contributed by atoms with van der Waals surface area (Å²) < 4.78 is 11.2. The zero-order valence-corrected chi connectivity index (χ0v) is 16.1. The molecule has 0 spiro atoms. The molecule has 6 heteroatoms. The highest BCUT2D eigenvalue weighted by Gasteiger charge is 2.36. The summed E-state index contributed by atoms with van der Waals surface area (Å²) in [7, 11) is 1.93. The zero-order chi connectivity index (χ0) is 17.1. The van der Waals surface area contributed by atoms with Crippen LogP contribution in [-0.4, -0.2) is 49.2 Å². The summed E-state index contributed by atoms with van der Waals surface area (Å²) in [5.74, 6) is 1.40. The standard InChI is InChI=1S/C19H28N2O3.ClH/c1-4-23-17-9-6-13(10-18(17)24-5-2)19(22)21(3)16-11-14-7-8-15(12-16)20-14;/h6,9-10,14-16,20H,4-5,7-8,11-12H2,1-3H3;1H. The maximum absolute atomic E-state index is 12.9. The van der Waals surface area contributed by atoms with Gasteiger partial charge < -0.3 is 19.7 Å². The van der Waals surface area contributed by atoms with E-state index < -0.39 is 0 Å². The van der Waals surface area contributed by atoms with Gasteiger partial charge in [0.25, 0.3) is 5.91 Å². The molecule has 2 bridgehead atoms. The minimum atomic E-state index is 0. The molecule has 5 nitrogen and oxygen atoms in total. The number of ether oxygens (including phenoxy) is 2. The van der Waals surface area contributed by atoms with Crippen molar-refractivity contribution in [2.75, 3.05) is 20.3 Å². The minimum Gasteiger partial charge on any atom is -0.490 e. The molecule has 0 radical (unpaired) electrons. The molecule has 2 saturated heterocycles. The molecule has 140 valence electrons. The molecule has 2 aliphatic heterocycles. The lowest BCUT2D eigenvalue weighted by Crippen LogP contribution is -2.48. The van der Waals surface area contributed by atoms with Crippen LogP contribution in [0.5, 0.6) is 11.5 Å². The molecule has 2 aliphatic rings. The summed E-state index contributed by atoms with van der Waals surface area (Å²) in [6.07, 6.45) is 4.57. The normalized spacial score (nSPS) is 24.4. The van der Waals surface area contributed by atoms with Crippen molar-refractivity contribution in [1.82, 2.24) is 10.2 Å². The fraction of sp³-hybridized carbons (Fsp3) is 0.632. The minimum absolute atomic E-state index is 0. The number of carbonyl (C=O) groups excluding carboxylic acids is 1. The summed E-state index contributed by atoms with van der Waals surface area (Å²) in [5, 5.41) is 3.63. The van der Waals surface area contributed by atoms with Gasteiger partial charge in [-0.3, -0.25) is 4.79 Å². The first-order valence-corrected chi connectivity index (χ1v) is 9.05. The van der Waals surface area contributed by atoms with Gasteiger partial charge in [0.15, 0.2) is 11.5 Å². The third-order valence-electron chi connectivity index (χ3n) is 5.11. The first kappa shape index (κ1) is 19.9. The monoisotopic (exact) mass is 368 g/mol. The molecule has 1 aromatic carbocycles. The second kappa shape index (κ2) is 8.77. The number of benzene rings is 1. The number of piperidine rings is 1. The number of hydrogen-bond donors (Lipinski definition) is 1. The Bertz CT molecular complexity index is 584. The summed E-state index contributed by atoms with van der Waals surface area (Å²) in [6, 6.07) is 6.94. The molecule has 2 atom stereocenters. The van der Waals surface area contributed by atoms with Crippen molar-refractivity contribution in [2.24, 2.45) is 0 Å². The molecule has 2 fully saturated rings. The SMILES string of the molecule is CCOc1ccc(C(=O)N(C)C2CC3CCC(C2)N3)cc1OCC.Cl. The summed E-state index contributed by atoms with van der Waals surface area (Å²) in [5.41, 5.74) is 0.662. The lowest BCUT2D eigenvalue weighted by atomic mass is 9.98. The van der Waals surface area contributed by atoms with Crippen molar-refractivity contribution < 1.29 is 14.3 Å². The van der Waals surface area contributed by atoms with Gasteiger partial charge in [-0.2, -0.15) is 0 Å². The highest BCUT2D eigenvalue weighted by molar-refractivity contribution is 5.95. The van der Waals surface area contributed by atoms with E-state index in [1.165, 1.54) is 12.8 Å². The number of nitrogens with zero attached hydrogens (tertiary/aromatic N) is 1. The smallest absolute Gasteiger partial charge is 0.253 e. The highest BCUT2D eigenvalue weighted by atomic mass is 35.5. The lowest BCUT2D eigenvalue weighted by Gasteiger charge is -2.35. The second-order valence-corrected chi connectivity index (χ2v) is 6.71. The maximum Gasteiger partial charge on any atom is 0.253 e. The van der Waals surface area contributed by atoms with Crippen LogP contribution in [0.2, 0.25) is 0 Å². The Labute approximate surface area is 156 Å². The molecule has 1 aromatic rings. The molecular formula is C19H29ClN2O3. The van der Waals surface area contributed by atoms with E-state index in [1.54, 1.807) is 0 Å². The molecule has 2 heterocycles. The largest absolute Gasteiger partial charge is 0.490 e. The Hall–Kier alpha value is -1.46. The van der Waals surface area contributed by atoms with Gasteiger partial charge in [-0.1, -0.05) is 0 Å². The molecule has 3 rings (SSSR count). The third-order valence-corrected chi connectivity index (χ3v) is 5.11. The summed E-state index contributed by atoms with van der Waals surface area (Å²) in [4.78, 5) is 14.8. The fourth-order valence-corrected chi connectivity index (χ4v) is 3.90. The van der Waals surface area contributed by atoms with E-state index in [0.717, 1.165) is 12.8 Å². The Morgan fingerprint density at radius 1 is 1.12 bits per heavy atom. The van der Waals surface area contributed by atoms with Crippen LogP contribution in [-0.2, 0) is 0 Å². The van der Waals surface area contributed by atoms with E-state index in [2.05, 4.69) is 5.32 Å². The third kappa shape index (κ3) is 4.39. The molecule has 1 amide bonds. The van der Waals surface area contributed by atoms with Crippen molar-refractivity contribution in [1.29, 1.82) is 0 Å². The number of amides is 1. The first-order chi connectivity index (χ1) is 11.6. The van der Waals surface area contributed by atoms with Crippen LogP contribution in [0.3, 0.4) is 0 Å². The number of fused-ring (bicyclic) bond motifs is 2. The van der Waals surface area contributed by atoms with Gasteiger partial charge in [0.05, 0.1) is 13.2 Å². The Morgan fingerprint density at radius 3 is 2.32 bits per heavy atom. The van der Waals surface area contributed by atoms with E-state index in [-0.39, 0.29) is 18.3 Å². The van der Waals surface area contributed by atoms with Gasteiger partial charge in [0.2, 0.25) is 0 Å². The molecule has 0 saturated carbocycles. The van der Waals surface area contributed by atoms with Gasteiger partial charge in [-0.15, -0.1) is 12.4 Å². The quantitative estimate of drug-likeness (QED) is 0.837. The van der Waals surface area contributed by atoms with E-state index in [0.29, 0.717) is 48.4 Å². The fourth-order valence-electron chi connectivity index (χ4n) is 3.90. The summed E-state index contributed by atoms with van der Waals surface area (Å²) >= 11 is 0. The van der Waals surface area contributed by atoms with Gasteiger partial charge in [-0.05, 0) is 57.7 Å². The highest BCUT2D eigenvalue weighted by Crippen LogP contribution is 2.32. The van der Waals surface area contributed by atoms with Gasteiger partial charge in [-0.25, -0.2) is 0 Å². The maximum atomic E-state index is 12.9. The van der Waals surface area contributed by atoms with E-state index in [9.17, 15) is 4.79 Å². The predicted octanol–water partition coefficient (Wildman–Crippen LogP) is 3.26. The van der Waals surface area contributed by atoms with Crippen LogP contribution in [0.1, 0.15) is 49.9 Å². The molecule has 25 heavy (non-hydrogen) atoms. The van der Waals surface area contributed by atoms with Gasteiger partial charge in [0, 0.05) is 30.7 Å². The predicted molar refractivity (Wildman–Crippen MR) is 101 cm³/mol. The lowest BCUT2D eigenvalue weighted by molar-refractivity contribution is 0.0681. The average Bonchev–Trinajstić information content (AvgIpc) is 2.93. The van der Waals surface area contributed by atoms with E-state index in [1.807, 2.05) is 44.0 Å². The van der Waals surface area contributed by atoms with Crippen molar-refractivity contribution in [3.63, 3.8) is 0 Å². The van der Waals surface area contributed by atoms with Crippen LogP contribution >= 0.6 is 12.4 Å². The first-order valence-electron chi connectivity index (χ1n) is 9.05. The number of rotatable bonds is 6.